The molecule has 0 bridgehead atoms. The van der Waals surface area contributed by atoms with E-state index in [9.17, 15) is 22.4 Å². The molecule has 0 aliphatic heterocycles. The smallest absolute Gasteiger partial charge is 0.264 e. The van der Waals surface area contributed by atoms with Gasteiger partial charge in [-0.05, 0) is 93.4 Å². The Balaban J connectivity index is 2.01. The molecule has 2 atom stereocenters. The maximum absolute atomic E-state index is 13.9. The first kappa shape index (κ1) is 31.9. The van der Waals surface area contributed by atoms with E-state index in [1.807, 2.05) is 20.8 Å². The monoisotopic (exact) mass is 603 g/mol. The van der Waals surface area contributed by atoms with Gasteiger partial charge in [-0.3, -0.25) is 13.9 Å². The summed E-state index contributed by atoms with van der Waals surface area (Å²) in [6.07, 6.45) is 0.694. The summed E-state index contributed by atoms with van der Waals surface area (Å²) in [5, 5.41) is 3.34. The second kappa shape index (κ2) is 14.3. The predicted molar refractivity (Wildman–Crippen MR) is 158 cm³/mol. The highest BCUT2D eigenvalue weighted by Crippen LogP contribution is 2.26. The fraction of sp³-hybridized carbons (Fsp3) is 0.333. The van der Waals surface area contributed by atoms with Crippen LogP contribution in [0.1, 0.15) is 39.7 Å². The maximum Gasteiger partial charge on any atom is 0.264 e. The number of halogens is 2. The van der Waals surface area contributed by atoms with Crippen molar-refractivity contribution < 1.29 is 27.1 Å². The zero-order valence-electron chi connectivity index (χ0n) is 23.5. The average molecular weight is 604 g/mol. The van der Waals surface area contributed by atoms with Crippen LogP contribution >= 0.6 is 11.6 Å². The van der Waals surface area contributed by atoms with E-state index in [1.54, 1.807) is 31.2 Å². The molecule has 0 heterocycles. The minimum absolute atomic E-state index is 0.00877. The fourth-order valence-electron chi connectivity index (χ4n) is 4.02. The van der Waals surface area contributed by atoms with E-state index in [-0.39, 0.29) is 29.1 Å². The van der Waals surface area contributed by atoms with Gasteiger partial charge in [-0.1, -0.05) is 30.7 Å². The maximum atomic E-state index is 13.9. The van der Waals surface area contributed by atoms with Crippen LogP contribution in [0, 0.1) is 5.82 Å². The van der Waals surface area contributed by atoms with Crippen molar-refractivity contribution in [1.29, 1.82) is 0 Å². The van der Waals surface area contributed by atoms with Gasteiger partial charge in [0.15, 0.2) is 0 Å². The normalized spacial score (nSPS) is 12.7. The molecule has 2 amide bonds. The Morgan fingerprint density at radius 2 is 1.66 bits per heavy atom. The molecule has 41 heavy (non-hydrogen) atoms. The van der Waals surface area contributed by atoms with Gasteiger partial charge in [0, 0.05) is 17.6 Å². The van der Waals surface area contributed by atoms with Gasteiger partial charge in [0.05, 0.1) is 17.2 Å². The molecule has 0 spiro atoms. The minimum atomic E-state index is -4.29. The molecule has 0 aliphatic rings. The lowest BCUT2D eigenvalue weighted by Gasteiger charge is -2.32. The summed E-state index contributed by atoms with van der Waals surface area (Å²) in [7, 11) is -4.29. The number of carbonyl (C=O) groups is 2. The lowest BCUT2D eigenvalue weighted by Crippen LogP contribution is -2.52. The highest BCUT2D eigenvalue weighted by Gasteiger charge is 2.33. The molecule has 3 aromatic rings. The molecule has 0 aliphatic carbocycles. The number of nitrogens with one attached hydrogen (secondary N) is 1. The van der Waals surface area contributed by atoms with E-state index in [4.69, 9.17) is 16.3 Å². The van der Waals surface area contributed by atoms with Crippen LogP contribution in [0.3, 0.4) is 0 Å². The molecule has 0 saturated carbocycles. The van der Waals surface area contributed by atoms with Crippen LogP contribution in [-0.2, 0) is 26.2 Å². The van der Waals surface area contributed by atoms with Gasteiger partial charge in [0.25, 0.3) is 10.0 Å². The Bertz CT molecular complexity index is 1440. The van der Waals surface area contributed by atoms with Crippen molar-refractivity contribution in [3.63, 3.8) is 0 Å². The molecule has 0 saturated heterocycles. The van der Waals surface area contributed by atoms with Crippen molar-refractivity contribution in [1.82, 2.24) is 10.2 Å². The number of rotatable bonds is 13. The standard InChI is InChI=1S/C30H35ClFN3O5S/c1-5-21(3)33-30(37)22(4)34(19-23-8-7-9-24(31)18-23)29(36)20-35(26-12-10-25(32)11-13-26)41(38,39)28-16-14-27(15-17-28)40-6-2/h7-18,21-22H,5-6,19-20H2,1-4H3,(H,33,37)/t21-,22+/m0/s1. The molecular weight excluding hydrogens is 569 g/mol. The fourth-order valence-corrected chi connectivity index (χ4v) is 5.65. The second-order valence-electron chi connectivity index (χ2n) is 9.54. The van der Waals surface area contributed by atoms with Gasteiger partial charge in [-0.15, -0.1) is 0 Å². The number of sulfonamides is 1. The Morgan fingerprint density at radius 3 is 2.24 bits per heavy atom. The second-order valence-corrected chi connectivity index (χ2v) is 11.8. The lowest BCUT2D eigenvalue weighted by molar-refractivity contribution is -0.139. The number of ether oxygens (including phenoxy) is 1. The molecule has 3 rings (SSSR count). The van der Waals surface area contributed by atoms with Crippen molar-refractivity contribution in [2.24, 2.45) is 0 Å². The van der Waals surface area contributed by atoms with E-state index >= 15 is 0 Å². The van der Waals surface area contributed by atoms with E-state index in [1.165, 1.54) is 41.3 Å². The third kappa shape index (κ3) is 8.43. The number of hydrogen-bond acceptors (Lipinski definition) is 5. The van der Waals surface area contributed by atoms with Gasteiger partial charge in [0.1, 0.15) is 24.2 Å². The van der Waals surface area contributed by atoms with Crippen molar-refractivity contribution in [2.75, 3.05) is 17.5 Å². The highest BCUT2D eigenvalue weighted by atomic mass is 35.5. The van der Waals surface area contributed by atoms with Crippen LogP contribution in [0.25, 0.3) is 0 Å². The van der Waals surface area contributed by atoms with Crippen molar-refractivity contribution >= 4 is 39.1 Å². The van der Waals surface area contributed by atoms with Crippen LogP contribution in [0.2, 0.25) is 5.02 Å². The van der Waals surface area contributed by atoms with Crippen molar-refractivity contribution in [3.05, 3.63) is 89.2 Å². The molecule has 0 aromatic heterocycles. The topological polar surface area (TPSA) is 96.0 Å². The van der Waals surface area contributed by atoms with Crippen molar-refractivity contribution in [2.45, 2.75) is 57.6 Å². The Labute approximate surface area is 246 Å². The SMILES string of the molecule is CCOc1ccc(S(=O)(=O)N(CC(=O)N(Cc2cccc(Cl)c2)[C@H](C)C(=O)N[C@@H](C)CC)c2ccc(F)cc2)cc1. The minimum Gasteiger partial charge on any atom is -0.494 e. The average Bonchev–Trinajstić information content (AvgIpc) is 2.95. The number of carbonyl (C=O) groups excluding carboxylic acids is 2. The van der Waals surface area contributed by atoms with Crippen LogP contribution in [0.15, 0.2) is 77.7 Å². The summed E-state index contributed by atoms with van der Waals surface area (Å²) < 4.78 is 47.8. The van der Waals surface area contributed by atoms with Gasteiger partial charge in [-0.25, -0.2) is 12.8 Å². The first-order chi connectivity index (χ1) is 19.5. The van der Waals surface area contributed by atoms with E-state index in [0.29, 0.717) is 29.4 Å². The van der Waals surface area contributed by atoms with Gasteiger partial charge in [-0.2, -0.15) is 0 Å². The summed E-state index contributed by atoms with van der Waals surface area (Å²) in [5.41, 5.74) is 0.754. The van der Waals surface area contributed by atoms with Crippen LogP contribution in [-0.4, -0.2) is 50.4 Å². The molecule has 0 fully saturated rings. The lowest BCUT2D eigenvalue weighted by atomic mass is 10.1. The number of benzene rings is 3. The Kier molecular flexibility index (Phi) is 11.1. The molecule has 8 nitrogen and oxygen atoms in total. The van der Waals surface area contributed by atoms with Gasteiger partial charge in [0.2, 0.25) is 11.8 Å². The van der Waals surface area contributed by atoms with Crippen molar-refractivity contribution in [3.8, 4) is 5.75 Å². The largest absolute Gasteiger partial charge is 0.494 e. The van der Waals surface area contributed by atoms with Crippen LogP contribution in [0.4, 0.5) is 10.1 Å². The molecule has 3 aromatic carbocycles. The first-order valence-corrected chi connectivity index (χ1v) is 15.1. The molecule has 11 heteroatoms. The Hall–Kier alpha value is -3.63. The Morgan fingerprint density at radius 1 is 1.00 bits per heavy atom. The third-order valence-electron chi connectivity index (χ3n) is 6.53. The summed E-state index contributed by atoms with van der Waals surface area (Å²) in [4.78, 5) is 28.2. The summed E-state index contributed by atoms with van der Waals surface area (Å²) in [6.45, 7) is 6.96. The zero-order chi connectivity index (χ0) is 30.2. The molecule has 0 radical (unpaired) electrons. The number of hydrogen-bond donors (Lipinski definition) is 1. The zero-order valence-corrected chi connectivity index (χ0v) is 25.1. The number of anilines is 1. The molecule has 1 N–H and O–H groups in total. The number of amides is 2. The van der Waals surface area contributed by atoms with Gasteiger partial charge < -0.3 is 15.0 Å². The predicted octanol–water partition coefficient (Wildman–Crippen LogP) is 5.41. The van der Waals surface area contributed by atoms with E-state index in [0.717, 1.165) is 16.4 Å². The highest BCUT2D eigenvalue weighted by molar-refractivity contribution is 7.92. The van der Waals surface area contributed by atoms with Crippen LogP contribution < -0.4 is 14.4 Å². The van der Waals surface area contributed by atoms with Crippen LogP contribution in [0.5, 0.6) is 5.75 Å². The summed E-state index contributed by atoms with van der Waals surface area (Å²) >= 11 is 6.16. The summed E-state index contributed by atoms with van der Waals surface area (Å²) in [6, 6.07) is 16.4. The number of nitrogens with zero attached hydrogens (tertiary/aromatic N) is 2. The molecular formula is C30H35ClFN3O5S. The molecule has 220 valence electrons. The third-order valence-corrected chi connectivity index (χ3v) is 8.55. The van der Waals surface area contributed by atoms with Gasteiger partial charge >= 0.3 is 0 Å². The summed E-state index contributed by atoms with van der Waals surface area (Å²) in [5.74, 6) is -1.07. The van der Waals surface area contributed by atoms with E-state index in [2.05, 4.69) is 5.32 Å². The first-order valence-electron chi connectivity index (χ1n) is 13.3. The molecule has 0 unspecified atom stereocenters. The van der Waals surface area contributed by atoms with E-state index < -0.39 is 34.3 Å². The quantitative estimate of drug-likeness (QED) is 0.282.